The lowest BCUT2D eigenvalue weighted by atomic mass is 10.00. The fourth-order valence-electron chi connectivity index (χ4n) is 5.76. The van der Waals surface area contributed by atoms with E-state index in [0.29, 0.717) is 5.69 Å². The van der Waals surface area contributed by atoms with Gasteiger partial charge in [0.05, 0.1) is 39.8 Å². The first-order chi connectivity index (χ1) is 19.3. The lowest BCUT2D eigenvalue weighted by molar-refractivity contribution is 1.18. The minimum absolute atomic E-state index is 0.630. The lowest BCUT2D eigenvalue weighted by Crippen LogP contribution is -1.94. The second-order valence-electron chi connectivity index (χ2n) is 9.77. The highest BCUT2D eigenvalue weighted by molar-refractivity contribution is 6.15. The molecule has 0 spiro atoms. The molecule has 3 heterocycles. The molecule has 0 saturated carbocycles. The molecule has 0 radical (unpaired) electrons. The number of pyridine rings is 2. The summed E-state index contributed by atoms with van der Waals surface area (Å²) in [5, 5.41) is 5.31. The van der Waals surface area contributed by atoms with Crippen molar-refractivity contribution in [1.29, 1.82) is 0 Å². The normalized spacial score (nSPS) is 11.6. The monoisotopic (exact) mass is 496 g/mol. The molecule has 4 heteroatoms. The maximum Gasteiger partial charge on any atom is 0.188 e. The molecule has 3 aromatic heterocycles. The third-order valence-corrected chi connectivity index (χ3v) is 7.54. The van der Waals surface area contributed by atoms with E-state index < -0.39 is 0 Å². The van der Waals surface area contributed by atoms with Crippen LogP contribution in [0, 0.1) is 6.57 Å². The van der Waals surface area contributed by atoms with Crippen LogP contribution in [0.4, 0.5) is 5.69 Å². The van der Waals surface area contributed by atoms with Crippen LogP contribution in [-0.2, 0) is 0 Å². The molecule has 0 saturated heterocycles. The maximum atomic E-state index is 7.61. The van der Waals surface area contributed by atoms with Gasteiger partial charge in [0.15, 0.2) is 5.69 Å². The van der Waals surface area contributed by atoms with Gasteiger partial charge in [-0.3, -0.25) is 0 Å². The van der Waals surface area contributed by atoms with Crippen molar-refractivity contribution in [2.75, 3.05) is 0 Å². The molecule has 0 aliphatic rings. The second-order valence-corrected chi connectivity index (χ2v) is 9.77. The molecule has 4 nitrogen and oxygen atoms in total. The van der Waals surface area contributed by atoms with Gasteiger partial charge in [-0.05, 0) is 60.0 Å². The van der Waals surface area contributed by atoms with E-state index in [1.54, 1.807) is 0 Å². The Morgan fingerprint density at radius 2 is 1.28 bits per heavy atom. The van der Waals surface area contributed by atoms with Gasteiger partial charge in [0.1, 0.15) is 0 Å². The molecule has 0 N–H and O–H groups in total. The Morgan fingerprint density at radius 3 is 2.13 bits per heavy atom. The SMILES string of the molecule is [C-]#[N+]c1ccc2c(c1)c1cc(-c3nc4ccccc4c4nc5ccccc5cc34)ccc1n2-c1ccccc1. The first kappa shape index (κ1) is 21.5. The van der Waals surface area contributed by atoms with Gasteiger partial charge in [-0.2, -0.15) is 0 Å². The topological polar surface area (TPSA) is 35.1 Å². The molecular formula is C35H20N4. The van der Waals surface area contributed by atoms with Crippen LogP contribution in [0.3, 0.4) is 0 Å². The molecule has 180 valence electrons. The van der Waals surface area contributed by atoms with E-state index in [0.717, 1.165) is 71.5 Å². The number of hydrogen-bond donors (Lipinski definition) is 0. The minimum Gasteiger partial charge on any atom is -0.309 e. The van der Waals surface area contributed by atoms with Crippen molar-refractivity contribution in [2.45, 2.75) is 0 Å². The number of benzene rings is 5. The Bertz CT molecular complexity index is 2290. The Balaban J connectivity index is 1.48. The highest BCUT2D eigenvalue weighted by Gasteiger charge is 2.17. The molecule has 0 unspecified atom stereocenters. The molecule has 5 aromatic carbocycles. The van der Waals surface area contributed by atoms with Gasteiger partial charge in [-0.25, -0.2) is 14.8 Å². The van der Waals surface area contributed by atoms with Gasteiger partial charge in [0.25, 0.3) is 0 Å². The number of hydrogen-bond acceptors (Lipinski definition) is 2. The Kier molecular flexibility index (Phi) is 4.55. The number of para-hydroxylation sites is 3. The molecule has 8 rings (SSSR count). The summed E-state index contributed by atoms with van der Waals surface area (Å²) in [5.41, 5.74) is 8.67. The molecule has 0 bridgehead atoms. The van der Waals surface area contributed by atoms with Crippen LogP contribution in [0.15, 0.2) is 121 Å². The highest BCUT2D eigenvalue weighted by atomic mass is 15.0. The predicted octanol–water partition coefficient (Wildman–Crippen LogP) is 9.25. The van der Waals surface area contributed by atoms with Crippen molar-refractivity contribution in [2.24, 2.45) is 0 Å². The maximum absolute atomic E-state index is 7.61. The third-order valence-electron chi connectivity index (χ3n) is 7.54. The van der Waals surface area contributed by atoms with E-state index in [9.17, 15) is 0 Å². The summed E-state index contributed by atoms with van der Waals surface area (Å²) in [5.74, 6) is 0. The fraction of sp³-hybridized carbons (Fsp3) is 0. The van der Waals surface area contributed by atoms with E-state index >= 15 is 0 Å². The summed E-state index contributed by atoms with van der Waals surface area (Å²) >= 11 is 0. The summed E-state index contributed by atoms with van der Waals surface area (Å²) in [6, 6.07) is 41.5. The van der Waals surface area contributed by atoms with E-state index in [1.807, 2.05) is 42.5 Å². The number of fused-ring (bicyclic) bond motifs is 7. The second kappa shape index (κ2) is 8.24. The van der Waals surface area contributed by atoms with Crippen molar-refractivity contribution < 1.29 is 0 Å². The van der Waals surface area contributed by atoms with Gasteiger partial charge >= 0.3 is 0 Å². The summed E-state index contributed by atoms with van der Waals surface area (Å²) in [6.45, 7) is 7.61. The molecule has 8 aromatic rings. The van der Waals surface area contributed by atoms with Crippen LogP contribution >= 0.6 is 0 Å². The zero-order valence-corrected chi connectivity index (χ0v) is 20.8. The largest absolute Gasteiger partial charge is 0.309 e. The Morgan fingerprint density at radius 1 is 0.564 bits per heavy atom. The molecule has 0 aliphatic heterocycles. The first-order valence-corrected chi connectivity index (χ1v) is 12.9. The zero-order valence-electron chi connectivity index (χ0n) is 20.8. The Hall–Kier alpha value is -5.53. The molecular weight excluding hydrogens is 476 g/mol. The third kappa shape index (κ3) is 3.24. The molecule has 39 heavy (non-hydrogen) atoms. The van der Waals surface area contributed by atoms with Gasteiger partial charge < -0.3 is 4.57 Å². The molecule has 0 amide bonds. The fourth-order valence-corrected chi connectivity index (χ4v) is 5.76. The summed E-state index contributed by atoms with van der Waals surface area (Å²) in [6.07, 6.45) is 0. The molecule has 0 aliphatic carbocycles. The predicted molar refractivity (Wildman–Crippen MR) is 161 cm³/mol. The van der Waals surface area contributed by atoms with Crippen LogP contribution in [0.5, 0.6) is 0 Å². The van der Waals surface area contributed by atoms with Crippen molar-refractivity contribution in [3.05, 3.63) is 133 Å². The van der Waals surface area contributed by atoms with Crippen molar-refractivity contribution in [3.63, 3.8) is 0 Å². The van der Waals surface area contributed by atoms with E-state index in [1.165, 1.54) is 0 Å². The zero-order chi connectivity index (χ0) is 25.9. The summed E-state index contributed by atoms with van der Waals surface area (Å²) in [7, 11) is 0. The van der Waals surface area contributed by atoms with Crippen LogP contribution < -0.4 is 0 Å². The first-order valence-electron chi connectivity index (χ1n) is 12.9. The van der Waals surface area contributed by atoms with Gasteiger partial charge in [-0.1, -0.05) is 66.7 Å². The van der Waals surface area contributed by atoms with Crippen molar-refractivity contribution in [3.8, 4) is 16.9 Å². The smallest absolute Gasteiger partial charge is 0.188 e. The summed E-state index contributed by atoms with van der Waals surface area (Å²) in [4.78, 5) is 14.0. The standard InChI is InChI=1S/C35H20N4/c1-36-24-16-18-33-28(21-24)27-20-23(15-17-32(27)39(33)25-10-3-2-4-11-25)34-29-19-22-9-5-7-13-30(22)37-35(29)26-12-6-8-14-31(26)38-34/h2-21H. The quantitative estimate of drug-likeness (QED) is 0.136. The number of aromatic nitrogens is 3. The Labute approximate surface area is 224 Å². The number of rotatable bonds is 2. The van der Waals surface area contributed by atoms with E-state index in [4.69, 9.17) is 16.5 Å². The van der Waals surface area contributed by atoms with Crippen molar-refractivity contribution in [1.82, 2.24) is 14.5 Å². The lowest BCUT2D eigenvalue weighted by Gasteiger charge is -2.12. The van der Waals surface area contributed by atoms with E-state index in [-0.39, 0.29) is 0 Å². The average molecular weight is 497 g/mol. The van der Waals surface area contributed by atoms with Gasteiger partial charge in [0, 0.05) is 32.8 Å². The van der Waals surface area contributed by atoms with Crippen LogP contribution in [0.25, 0.3) is 76.3 Å². The number of nitrogens with zero attached hydrogens (tertiary/aromatic N) is 4. The van der Waals surface area contributed by atoms with Gasteiger partial charge in [0.2, 0.25) is 0 Å². The van der Waals surface area contributed by atoms with Gasteiger partial charge in [-0.15, -0.1) is 0 Å². The highest BCUT2D eigenvalue weighted by Crippen LogP contribution is 2.39. The van der Waals surface area contributed by atoms with Crippen LogP contribution in [-0.4, -0.2) is 14.5 Å². The van der Waals surface area contributed by atoms with Crippen LogP contribution in [0.1, 0.15) is 0 Å². The van der Waals surface area contributed by atoms with Crippen molar-refractivity contribution >= 4 is 60.2 Å². The van der Waals surface area contributed by atoms with E-state index in [2.05, 4.69) is 88.3 Å². The molecule has 0 atom stereocenters. The minimum atomic E-state index is 0.630. The average Bonchev–Trinajstić information content (AvgIpc) is 3.33. The molecule has 0 fully saturated rings. The summed E-state index contributed by atoms with van der Waals surface area (Å²) < 4.78 is 2.27. The van der Waals surface area contributed by atoms with Crippen LogP contribution in [0.2, 0.25) is 0 Å².